The third-order valence-electron chi connectivity index (χ3n) is 7.22. The zero-order valence-electron chi connectivity index (χ0n) is 20.2. The minimum absolute atomic E-state index is 0. The van der Waals surface area contributed by atoms with Crippen molar-refractivity contribution in [3.63, 3.8) is 0 Å². The summed E-state index contributed by atoms with van der Waals surface area (Å²) in [5, 5.41) is 3.49. The standard InChI is InChI=1S/C23H44N6O.HI/c1-5-24-23(25-18-20(3)26-12-8-19(2)9-13-26)29-16-14-27(15-17-29)21(4)22(30)28-10-6-7-11-28;/h19-21H,5-18H2,1-4H3,(H,24,25);1H. The molecule has 2 atom stereocenters. The van der Waals surface area contributed by atoms with Crippen LogP contribution in [-0.2, 0) is 4.79 Å². The van der Waals surface area contributed by atoms with Gasteiger partial charge in [-0.3, -0.25) is 19.6 Å². The van der Waals surface area contributed by atoms with E-state index in [0.717, 1.165) is 77.1 Å². The quantitative estimate of drug-likeness (QED) is 0.314. The molecule has 3 heterocycles. The number of piperazine rings is 1. The maximum absolute atomic E-state index is 12.7. The Kier molecular flexibility index (Phi) is 11.3. The van der Waals surface area contributed by atoms with Crippen molar-refractivity contribution in [2.75, 3.05) is 65.4 Å². The van der Waals surface area contributed by atoms with E-state index in [9.17, 15) is 4.79 Å². The van der Waals surface area contributed by atoms with Crippen LogP contribution in [0.1, 0.15) is 53.4 Å². The number of hydrogen-bond acceptors (Lipinski definition) is 4. The third kappa shape index (κ3) is 7.45. The minimum Gasteiger partial charge on any atom is -0.357 e. The number of carbonyl (C=O) groups excluding carboxylic acids is 1. The fourth-order valence-corrected chi connectivity index (χ4v) is 4.91. The van der Waals surface area contributed by atoms with E-state index in [-0.39, 0.29) is 30.0 Å². The van der Waals surface area contributed by atoms with Gasteiger partial charge in [0.25, 0.3) is 0 Å². The molecule has 3 saturated heterocycles. The molecule has 0 aromatic heterocycles. The number of guanidine groups is 1. The van der Waals surface area contributed by atoms with Gasteiger partial charge in [-0.05, 0) is 65.5 Å². The van der Waals surface area contributed by atoms with Crippen molar-refractivity contribution in [2.24, 2.45) is 10.9 Å². The summed E-state index contributed by atoms with van der Waals surface area (Å²) in [4.78, 5) is 27.1. The minimum atomic E-state index is -0.00807. The number of likely N-dealkylation sites (tertiary alicyclic amines) is 2. The van der Waals surface area contributed by atoms with Crippen molar-refractivity contribution in [1.82, 2.24) is 24.9 Å². The third-order valence-corrected chi connectivity index (χ3v) is 7.22. The van der Waals surface area contributed by atoms with E-state index in [1.165, 1.54) is 25.9 Å². The number of hydrogen-bond donors (Lipinski definition) is 1. The van der Waals surface area contributed by atoms with Crippen LogP contribution in [0.3, 0.4) is 0 Å². The molecule has 3 aliphatic heterocycles. The van der Waals surface area contributed by atoms with Gasteiger partial charge in [-0.1, -0.05) is 6.92 Å². The lowest BCUT2D eigenvalue weighted by molar-refractivity contribution is -0.135. The molecule has 0 aliphatic carbocycles. The average molecular weight is 549 g/mol. The lowest BCUT2D eigenvalue weighted by Gasteiger charge is -2.40. The molecule has 180 valence electrons. The molecule has 0 aromatic carbocycles. The Morgan fingerprint density at radius 2 is 1.55 bits per heavy atom. The van der Waals surface area contributed by atoms with E-state index in [1.54, 1.807) is 0 Å². The van der Waals surface area contributed by atoms with Gasteiger partial charge < -0.3 is 15.1 Å². The Bertz CT molecular complexity index is 566. The molecule has 0 bridgehead atoms. The Labute approximate surface area is 207 Å². The first-order valence-electron chi connectivity index (χ1n) is 12.3. The monoisotopic (exact) mass is 548 g/mol. The predicted octanol–water partition coefficient (Wildman–Crippen LogP) is 2.32. The van der Waals surface area contributed by atoms with Crippen LogP contribution in [0.2, 0.25) is 0 Å². The summed E-state index contributed by atoms with van der Waals surface area (Å²) in [7, 11) is 0. The van der Waals surface area contributed by atoms with Gasteiger partial charge in [0, 0.05) is 51.9 Å². The number of halogens is 1. The smallest absolute Gasteiger partial charge is 0.239 e. The van der Waals surface area contributed by atoms with E-state index in [4.69, 9.17) is 4.99 Å². The molecule has 0 spiro atoms. The second kappa shape index (κ2) is 13.2. The second-order valence-electron chi connectivity index (χ2n) is 9.49. The molecule has 31 heavy (non-hydrogen) atoms. The van der Waals surface area contributed by atoms with Crippen LogP contribution in [0, 0.1) is 5.92 Å². The summed E-state index contributed by atoms with van der Waals surface area (Å²) in [5.41, 5.74) is 0. The van der Waals surface area contributed by atoms with Crippen LogP contribution >= 0.6 is 24.0 Å². The fourth-order valence-electron chi connectivity index (χ4n) is 4.91. The fraction of sp³-hybridized carbons (Fsp3) is 0.913. The Morgan fingerprint density at radius 1 is 0.935 bits per heavy atom. The molecular formula is C23H45IN6O. The van der Waals surface area contributed by atoms with Gasteiger partial charge in [-0.25, -0.2) is 0 Å². The van der Waals surface area contributed by atoms with Gasteiger partial charge >= 0.3 is 0 Å². The number of nitrogens with zero attached hydrogens (tertiary/aromatic N) is 5. The average Bonchev–Trinajstić information content (AvgIpc) is 3.31. The van der Waals surface area contributed by atoms with E-state index in [2.05, 4.69) is 47.7 Å². The summed E-state index contributed by atoms with van der Waals surface area (Å²) in [6.07, 6.45) is 4.93. The van der Waals surface area contributed by atoms with Gasteiger partial charge in [0.05, 0.1) is 12.6 Å². The molecule has 1 N–H and O–H groups in total. The number of aliphatic imine (C=N–C) groups is 1. The highest BCUT2D eigenvalue weighted by Gasteiger charge is 2.30. The summed E-state index contributed by atoms with van der Waals surface area (Å²) in [6, 6.07) is 0.483. The molecule has 0 aromatic rings. The number of nitrogens with one attached hydrogen (secondary N) is 1. The molecule has 0 saturated carbocycles. The van der Waals surface area contributed by atoms with Crippen LogP contribution in [0.5, 0.6) is 0 Å². The molecule has 0 radical (unpaired) electrons. The van der Waals surface area contributed by atoms with E-state index in [1.807, 2.05) is 4.90 Å². The topological polar surface area (TPSA) is 54.4 Å². The molecule has 7 nitrogen and oxygen atoms in total. The number of rotatable bonds is 6. The molecular weight excluding hydrogens is 503 g/mol. The van der Waals surface area contributed by atoms with Crippen LogP contribution in [0.15, 0.2) is 4.99 Å². The molecule has 8 heteroatoms. The zero-order valence-corrected chi connectivity index (χ0v) is 22.5. The van der Waals surface area contributed by atoms with E-state index < -0.39 is 0 Å². The highest BCUT2D eigenvalue weighted by Crippen LogP contribution is 2.18. The Hall–Kier alpha value is -0.610. The van der Waals surface area contributed by atoms with Crippen molar-refractivity contribution in [3.8, 4) is 0 Å². The number of amides is 1. The first-order chi connectivity index (χ1) is 14.5. The van der Waals surface area contributed by atoms with Gasteiger partial charge in [-0.2, -0.15) is 0 Å². The lowest BCUT2D eigenvalue weighted by Crippen LogP contribution is -2.57. The first-order valence-corrected chi connectivity index (χ1v) is 12.3. The maximum atomic E-state index is 12.7. The van der Waals surface area contributed by atoms with Crippen LogP contribution < -0.4 is 5.32 Å². The van der Waals surface area contributed by atoms with Gasteiger partial charge in [0.15, 0.2) is 5.96 Å². The molecule has 1 amide bonds. The van der Waals surface area contributed by atoms with Gasteiger partial charge in [0.2, 0.25) is 5.91 Å². The molecule has 2 unspecified atom stereocenters. The highest BCUT2D eigenvalue weighted by molar-refractivity contribution is 14.0. The summed E-state index contributed by atoms with van der Waals surface area (Å²) in [5.74, 6) is 2.21. The van der Waals surface area contributed by atoms with Crippen molar-refractivity contribution in [2.45, 2.75) is 65.5 Å². The SMILES string of the molecule is CCNC(=NCC(C)N1CCC(C)CC1)N1CCN(C(C)C(=O)N2CCCC2)CC1.I. The molecule has 3 rings (SSSR count). The van der Waals surface area contributed by atoms with E-state index >= 15 is 0 Å². The zero-order chi connectivity index (χ0) is 21.5. The largest absolute Gasteiger partial charge is 0.357 e. The predicted molar refractivity (Wildman–Crippen MR) is 139 cm³/mol. The summed E-state index contributed by atoms with van der Waals surface area (Å²) in [6.45, 7) is 18.6. The lowest BCUT2D eigenvalue weighted by atomic mass is 9.98. The van der Waals surface area contributed by atoms with Gasteiger partial charge in [0.1, 0.15) is 0 Å². The van der Waals surface area contributed by atoms with Crippen molar-refractivity contribution in [1.29, 1.82) is 0 Å². The molecule has 3 fully saturated rings. The van der Waals surface area contributed by atoms with Crippen molar-refractivity contribution < 1.29 is 4.79 Å². The van der Waals surface area contributed by atoms with Crippen molar-refractivity contribution >= 4 is 35.8 Å². The van der Waals surface area contributed by atoms with Crippen LogP contribution in [0.4, 0.5) is 0 Å². The number of piperidine rings is 1. The first kappa shape index (κ1) is 26.6. The van der Waals surface area contributed by atoms with E-state index in [0.29, 0.717) is 11.9 Å². The molecule has 3 aliphatic rings. The summed E-state index contributed by atoms with van der Waals surface area (Å²) >= 11 is 0. The van der Waals surface area contributed by atoms with Crippen LogP contribution in [0.25, 0.3) is 0 Å². The Balaban J connectivity index is 0.00000341. The highest BCUT2D eigenvalue weighted by atomic mass is 127. The summed E-state index contributed by atoms with van der Waals surface area (Å²) < 4.78 is 0. The number of carbonyl (C=O) groups is 1. The Morgan fingerprint density at radius 3 is 2.13 bits per heavy atom. The maximum Gasteiger partial charge on any atom is 0.239 e. The van der Waals surface area contributed by atoms with Crippen LogP contribution in [-0.4, -0.2) is 109 Å². The van der Waals surface area contributed by atoms with Gasteiger partial charge in [-0.15, -0.1) is 24.0 Å². The second-order valence-corrected chi connectivity index (χ2v) is 9.49. The van der Waals surface area contributed by atoms with Crippen molar-refractivity contribution in [3.05, 3.63) is 0 Å². The normalized spacial score (nSPS) is 24.1.